The molecule has 0 aliphatic carbocycles. The number of esters is 1. The molecule has 8 heteroatoms. The van der Waals surface area contributed by atoms with E-state index in [-0.39, 0.29) is 0 Å². The lowest BCUT2D eigenvalue weighted by atomic mass is 9.98. The topological polar surface area (TPSA) is 102 Å². The van der Waals surface area contributed by atoms with Crippen molar-refractivity contribution in [1.29, 1.82) is 0 Å². The summed E-state index contributed by atoms with van der Waals surface area (Å²) in [4.78, 5) is 24.3. The first-order valence-electron chi connectivity index (χ1n) is 7.49. The molecular weight excluding hydrogens is 344 g/mol. The van der Waals surface area contributed by atoms with E-state index in [4.69, 9.17) is 4.74 Å². The zero-order chi connectivity index (χ0) is 18.0. The van der Waals surface area contributed by atoms with Crippen LogP contribution in [0, 0.1) is 0 Å². The maximum atomic E-state index is 12.3. The summed E-state index contributed by atoms with van der Waals surface area (Å²) >= 11 is 0. The number of hydrogen-bond donors (Lipinski definition) is 2. The highest BCUT2D eigenvalue weighted by Crippen LogP contribution is 2.22. The minimum Gasteiger partial charge on any atom is -0.448 e. The summed E-state index contributed by atoms with van der Waals surface area (Å²) in [6.07, 6.45) is 0.454. The van der Waals surface area contributed by atoms with Gasteiger partial charge in [0.25, 0.3) is 5.91 Å². The summed E-state index contributed by atoms with van der Waals surface area (Å²) < 4.78 is 29.9. The Hall–Kier alpha value is -2.87. The Balaban J connectivity index is 1.68. The monoisotopic (exact) mass is 360 g/mol. The molecule has 1 atom stereocenters. The zero-order valence-corrected chi connectivity index (χ0v) is 14.2. The van der Waals surface area contributed by atoms with Gasteiger partial charge < -0.3 is 10.1 Å². The Morgan fingerprint density at radius 3 is 2.40 bits per heavy atom. The number of amides is 1. The standard InChI is InChI=1S/C17H16N2O5S/c1-25(22,23)19-13-8-6-12(7-9-13)18-16(20)15-10-11-4-2-3-5-14(11)17(21)24-15/h2-9,15,19H,10H2,1H3,(H,18,20)/t15-/m1/s1. The van der Waals surface area contributed by atoms with Crippen molar-refractivity contribution in [2.24, 2.45) is 0 Å². The molecule has 2 aromatic carbocycles. The second-order valence-corrected chi connectivity index (χ2v) is 7.44. The van der Waals surface area contributed by atoms with Gasteiger partial charge in [0, 0.05) is 17.8 Å². The second kappa shape index (κ2) is 6.56. The molecule has 130 valence electrons. The molecule has 0 fully saturated rings. The number of anilines is 2. The van der Waals surface area contributed by atoms with Gasteiger partial charge in [-0.2, -0.15) is 0 Å². The third-order valence-corrected chi connectivity index (χ3v) is 4.25. The van der Waals surface area contributed by atoms with Crippen LogP contribution in [-0.2, 0) is 26.0 Å². The lowest BCUT2D eigenvalue weighted by Crippen LogP contribution is -2.37. The molecule has 25 heavy (non-hydrogen) atoms. The predicted molar refractivity (Wildman–Crippen MR) is 92.9 cm³/mol. The Morgan fingerprint density at radius 1 is 1.08 bits per heavy atom. The summed E-state index contributed by atoms with van der Waals surface area (Å²) in [6, 6.07) is 13.2. The normalized spacial score (nSPS) is 16.5. The Kier molecular flexibility index (Phi) is 4.45. The predicted octanol–water partition coefficient (Wildman–Crippen LogP) is 1.78. The molecule has 7 nitrogen and oxygen atoms in total. The Bertz CT molecular complexity index is 922. The molecule has 0 saturated heterocycles. The van der Waals surface area contributed by atoms with E-state index in [0.29, 0.717) is 23.4 Å². The quantitative estimate of drug-likeness (QED) is 0.809. The van der Waals surface area contributed by atoms with E-state index in [1.807, 2.05) is 0 Å². The fraction of sp³-hybridized carbons (Fsp3) is 0.176. The molecule has 0 saturated carbocycles. The van der Waals surface area contributed by atoms with Crippen molar-refractivity contribution >= 4 is 33.3 Å². The van der Waals surface area contributed by atoms with Crippen molar-refractivity contribution in [2.45, 2.75) is 12.5 Å². The lowest BCUT2D eigenvalue weighted by molar-refractivity contribution is -0.125. The van der Waals surface area contributed by atoms with Crippen LogP contribution in [0.3, 0.4) is 0 Å². The first-order valence-corrected chi connectivity index (χ1v) is 9.38. The van der Waals surface area contributed by atoms with Crippen LogP contribution in [0.1, 0.15) is 15.9 Å². The van der Waals surface area contributed by atoms with Crippen LogP contribution in [0.15, 0.2) is 48.5 Å². The molecule has 1 aliphatic heterocycles. The number of carbonyl (C=O) groups is 2. The first kappa shape index (κ1) is 17.0. The van der Waals surface area contributed by atoms with Gasteiger partial charge in [-0.3, -0.25) is 9.52 Å². The van der Waals surface area contributed by atoms with E-state index < -0.39 is 28.0 Å². The number of cyclic esters (lactones) is 1. The van der Waals surface area contributed by atoms with E-state index in [0.717, 1.165) is 11.8 Å². The number of sulfonamides is 1. The van der Waals surface area contributed by atoms with Gasteiger partial charge in [-0.25, -0.2) is 13.2 Å². The smallest absolute Gasteiger partial charge is 0.339 e. The molecule has 1 aliphatic rings. The van der Waals surface area contributed by atoms with Crippen molar-refractivity contribution < 1.29 is 22.7 Å². The summed E-state index contributed by atoms with van der Waals surface area (Å²) in [5.74, 6) is -0.957. The maximum Gasteiger partial charge on any atom is 0.339 e. The number of carbonyl (C=O) groups excluding carboxylic acids is 2. The fourth-order valence-electron chi connectivity index (χ4n) is 2.54. The molecule has 3 rings (SSSR count). The van der Waals surface area contributed by atoms with Gasteiger partial charge in [0.2, 0.25) is 10.0 Å². The zero-order valence-electron chi connectivity index (χ0n) is 13.4. The van der Waals surface area contributed by atoms with Crippen molar-refractivity contribution in [3.05, 3.63) is 59.7 Å². The van der Waals surface area contributed by atoms with Gasteiger partial charge in [0.05, 0.1) is 11.8 Å². The number of hydrogen-bond acceptors (Lipinski definition) is 5. The highest BCUT2D eigenvalue weighted by molar-refractivity contribution is 7.92. The van der Waals surface area contributed by atoms with Crippen LogP contribution < -0.4 is 10.0 Å². The number of fused-ring (bicyclic) bond motifs is 1. The van der Waals surface area contributed by atoms with E-state index in [1.165, 1.54) is 12.1 Å². The molecule has 0 aromatic heterocycles. The van der Waals surface area contributed by atoms with Crippen LogP contribution in [0.25, 0.3) is 0 Å². The lowest BCUT2D eigenvalue weighted by Gasteiger charge is -2.23. The number of rotatable bonds is 4. The highest BCUT2D eigenvalue weighted by atomic mass is 32.2. The highest BCUT2D eigenvalue weighted by Gasteiger charge is 2.31. The molecule has 0 bridgehead atoms. The van der Waals surface area contributed by atoms with Gasteiger partial charge in [-0.1, -0.05) is 18.2 Å². The Labute approximate surface area is 145 Å². The van der Waals surface area contributed by atoms with Gasteiger partial charge in [0.15, 0.2) is 6.10 Å². The molecule has 0 spiro atoms. The largest absolute Gasteiger partial charge is 0.448 e. The van der Waals surface area contributed by atoms with Crippen LogP contribution in [-0.4, -0.2) is 32.7 Å². The third-order valence-electron chi connectivity index (χ3n) is 3.64. The molecule has 2 N–H and O–H groups in total. The van der Waals surface area contributed by atoms with Crippen LogP contribution in [0.2, 0.25) is 0 Å². The molecule has 1 amide bonds. The minimum atomic E-state index is -3.36. The molecule has 0 radical (unpaired) electrons. The van der Waals surface area contributed by atoms with Crippen molar-refractivity contribution in [3.63, 3.8) is 0 Å². The summed E-state index contributed by atoms with van der Waals surface area (Å²) in [6.45, 7) is 0. The van der Waals surface area contributed by atoms with Crippen LogP contribution in [0.5, 0.6) is 0 Å². The van der Waals surface area contributed by atoms with Crippen molar-refractivity contribution in [2.75, 3.05) is 16.3 Å². The third kappa shape index (κ3) is 4.16. The van der Waals surface area contributed by atoms with Crippen molar-refractivity contribution in [1.82, 2.24) is 0 Å². The fourth-order valence-corrected chi connectivity index (χ4v) is 3.10. The molecular formula is C17H16N2O5S. The summed E-state index contributed by atoms with van der Waals surface area (Å²) in [5, 5.41) is 2.66. The van der Waals surface area contributed by atoms with E-state index in [2.05, 4.69) is 10.0 Å². The summed E-state index contributed by atoms with van der Waals surface area (Å²) in [5.41, 5.74) is 2.10. The molecule has 0 unspecified atom stereocenters. The van der Waals surface area contributed by atoms with Gasteiger partial charge in [0.1, 0.15) is 0 Å². The van der Waals surface area contributed by atoms with Crippen LogP contribution >= 0.6 is 0 Å². The van der Waals surface area contributed by atoms with Gasteiger partial charge >= 0.3 is 5.97 Å². The average Bonchev–Trinajstić information content (AvgIpc) is 2.55. The van der Waals surface area contributed by atoms with E-state index >= 15 is 0 Å². The first-order chi connectivity index (χ1) is 11.8. The minimum absolute atomic E-state index is 0.307. The number of benzene rings is 2. The number of nitrogens with one attached hydrogen (secondary N) is 2. The maximum absolute atomic E-state index is 12.3. The Morgan fingerprint density at radius 2 is 1.72 bits per heavy atom. The molecule has 1 heterocycles. The SMILES string of the molecule is CS(=O)(=O)Nc1ccc(NC(=O)[C@H]2Cc3ccccc3C(=O)O2)cc1. The average molecular weight is 360 g/mol. The summed E-state index contributed by atoms with van der Waals surface area (Å²) in [7, 11) is -3.36. The second-order valence-electron chi connectivity index (χ2n) is 5.70. The van der Waals surface area contributed by atoms with E-state index in [1.54, 1.807) is 36.4 Å². The van der Waals surface area contributed by atoms with Crippen molar-refractivity contribution in [3.8, 4) is 0 Å². The van der Waals surface area contributed by atoms with Gasteiger partial charge in [-0.15, -0.1) is 0 Å². The van der Waals surface area contributed by atoms with Gasteiger partial charge in [-0.05, 0) is 35.9 Å². The van der Waals surface area contributed by atoms with E-state index in [9.17, 15) is 18.0 Å². The van der Waals surface area contributed by atoms with Crippen LogP contribution in [0.4, 0.5) is 11.4 Å². The number of ether oxygens (including phenoxy) is 1. The molecule has 2 aromatic rings.